The molecule has 0 bridgehead atoms. The van der Waals surface area contributed by atoms with E-state index in [9.17, 15) is 14.4 Å². The first-order valence-electron chi connectivity index (χ1n) is 21.1. The van der Waals surface area contributed by atoms with Crippen LogP contribution in [0.2, 0.25) is 0 Å². The Balaban J connectivity index is 1.01. The topological polar surface area (TPSA) is 160 Å². The SMILES string of the molecule is COC(=O)NC(C(=O)N1CCCC1c1ncc(-c2ccc3c(c2)cc2n3C(c3ccccc3)Oc3cc(-c4cnc(C5CCCN5C(=O)OC(C)(C)C)[nH]4)ccc3-2)[nH]1)C(C)C. The van der Waals surface area contributed by atoms with Crippen LogP contribution >= 0.6 is 0 Å². The lowest BCUT2D eigenvalue weighted by molar-refractivity contribution is -0.135. The average Bonchev–Trinajstić information content (AvgIpc) is 4.10. The van der Waals surface area contributed by atoms with Gasteiger partial charge in [0.2, 0.25) is 12.1 Å². The number of alkyl carbamates (subject to hydrolysis) is 1. The van der Waals surface area contributed by atoms with Gasteiger partial charge in [0, 0.05) is 40.7 Å². The van der Waals surface area contributed by atoms with Crippen molar-refractivity contribution in [1.82, 2.24) is 39.6 Å². The quantitative estimate of drug-likeness (QED) is 0.137. The van der Waals surface area contributed by atoms with Gasteiger partial charge in [0.15, 0.2) is 0 Å². The molecule has 61 heavy (non-hydrogen) atoms. The lowest BCUT2D eigenvalue weighted by Gasteiger charge is -2.30. The Morgan fingerprint density at radius 2 is 1.48 bits per heavy atom. The van der Waals surface area contributed by atoms with E-state index in [1.165, 1.54) is 7.11 Å². The van der Waals surface area contributed by atoms with E-state index in [1.807, 2.05) is 70.1 Å². The normalized spacial score (nSPS) is 19.1. The number of likely N-dealkylation sites (tertiary alicyclic amines) is 2. The van der Waals surface area contributed by atoms with E-state index in [4.69, 9.17) is 24.2 Å². The maximum absolute atomic E-state index is 13.7. The monoisotopic (exact) mass is 824 g/mol. The van der Waals surface area contributed by atoms with Crippen LogP contribution < -0.4 is 10.1 Å². The average molecular weight is 825 g/mol. The van der Waals surface area contributed by atoms with Crippen molar-refractivity contribution < 1.29 is 28.6 Å². The molecule has 3 aromatic heterocycles. The molecule has 0 saturated carbocycles. The molecule has 316 valence electrons. The molecule has 0 spiro atoms. The number of rotatable bonds is 8. The number of nitrogens with one attached hydrogen (secondary N) is 3. The number of nitrogens with zero attached hydrogens (tertiary/aromatic N) is 5. The molecule has 3 N–H and O–H groups in total. The lowest BCUT2D eigenvalue weighted by Crippen LogP contribution is -2.51. The zero-order valence-electron chi connectivity index (χ0n) is 35.4. The van der Waals surface area contributed by atoms with E-state index in [-0.39, 0.29) is 30.0 Å². The van der Waals surface area contributed by atoms with Gasteiger partial charge >= 0.3 is 12.2 Å². The van der Waals surface area contributed by atoms with Crippen LogP contribution in [0.5, 0.6) is 5.75 Å². The highest BCUT2D eigenvalue weighted by Crippen LogP contribution is 2.46. The van der Waals surface area contributed by atoms with Gasteiger partial charge in [-0.05, 0) is 82.7 Å². The maximum Gasteiger partial charge on any atom is 0.410 e. The van der Waals surface area contributed by atoms with Crippen LogP contribution in [-0.4, -0.2) is 84.2 Å². The molecule has 3 amide bonds. The number of amides is 3. The van der Waals surface area contributed by atoms with Crippen LogP contribution in [0.4, 0.5) is 9.59 Å². The predicted octanol–water partition coefficient (Wildman–Crippen LogP) is 9.14. The van der Waals surface area contributed by atoms with Gasteiger partial charge < -0.3 is 39.0 Å². The molecule has 0 aliphatic carbocycles. The van der Waals surface area contributed by atoms with Gasteiger partial charge in [-0.1, -0.05) is 56.3 Å². The smallest absolute Gasteiger partial charge is 0.410 e. The summed E-state index contributed by atoms with van der Waals surface area (Å²) in [4.78, 5) is 59.0. The van der Waals surface area contributed by atoms with Crippen molar-refractivity contribution in [2.24, 2.45) is 5.92 Å². The summed E-state index contributed by atoms with van der Waals surface area (Å²) in [6, 6.07) is 23.9. The first kappa shape index (κ1) is 39.9. The molecule has 4 unspecified atom stereocenters. The molecule has 3 aliphatic rings. The van der Waals surface area contributed by atoms with Crippen LogP contribution in [-0.2, 0) is 14.3 Å². The molecular weight excluding hydrogens is 773 g/mol. The minimum Gasteiger partial charge on any atom is -0.465 e. The van der Waals surface area contributed by atoms with Crippen molar-refractivity contribution in [3.05, 3.63) is 102 Å². The number of imidazole rings is 2. The van der Waals surface area contributed by atoms with Crippen molar-refractivity contribution in [2.45, 2.75) is 90.3 Å². The Kier molecular flexibility index (Phi) is 10.3. The number of aromatic nitrogens is 5. The zero-order valence-corrected chi connectivity index (χ0v) is 35.4. The molecule has 6 aromatic rings. The Morgan fingerprint density at radius 3 is 2.13 bits per heavy atom. The summed E-state index contributed by atoms with van der Waals surface area (Å²) >= 11 is 0. The molecule has 2 fully saturated rings. The number of carbonyl (C=O) groups excluding carboxylic acids is 3. The van der Waals surface area contributed by atoms with Gasteiger partial charge in [-0.2, -0.15) is 0 Å². The predicted molar refractivity (Wildman–Crippen MR) is 231 cm³/mol. The third-order valence-electron chi connectivity index (χ3n) is 11.9. The van der Waals surface area contributed by atoms with Gasteiger partial charge in [-0.3, -0.25) is 9.69 Å². The fraction of sp³-hybridized carbons (Fsp3) is 0.383. The molecule has 2 saturated heterocycles. The van der Waals surface area contributed by atoms with Gasteiger partial charge in [-0.15, -0.1) is 0 Å². The fourth-order valence-corrected chi connectivity index (χ4v) is 8.96. The minimum absolute atomic E-state index is 0.118. The van der Waals surface area contributed by atoms with Crippen molar-refractivity contribution >= 4 is 29.0 Å². The highest BCUT2D eigenvalue weighted by Gasteiger charge is 2.38. The summed E-state index contributed by atoms with van der Waals surface area (Å²) < 4.78 is 19.7. The second kappa shape index (κ2) is 15.8. The van der Waals surface area contributed by atoms with Gasteiger partial charge in [0.05, 0.1) is 54.2 Å². The highest BCUT2D eigenvalue weighted by atomic mass is 16.6. The van der Waals surface area contributed by atoms with Crippen LogP contribution in [0.25, 0.3) is 44.7 Å². The third kappa shape index (κ3) is 7.59. The van der Waals surface area contributed by atoms with Crippen LogP contribution in [0.1, 0.15) is 95.8 Å². The maximum atomic E-state index is 13.7. The van der Waals surface area contributed by atoms with Crippen LogP contribution in [0.3, 0.4) is 0 Å². The molecule has 4 atom stereocenters. The third-order valence-corrected chi connectivity index (χ3v) is 11.9. The molecule has 0 radical (unpaired) electrons. The zero-order chi connectivity index (χ0) is 42.6. The van der Waals surface area contributed by atoms with E-state index >= 15 is 0 Å². The number of benzene rings is 3. The Labute approximate surface area is 354 Å². The summed E-state index contributed by atoms with van der Waals surface area (Å²) in [5.41, 5.74) is 7.04. The number of methoxy groups -OCH3 is 1. The molecular formula is C47H52N8O6. The number of aromatic amines is 2. The molecule has 14 nitrogen and oxygen atoms in total. The van der Waals surface area contributed by atoms with E-state index in [2.05, 4.69) is 74.4 Å². The Morgan fingerprint density at radius 1 is 0.836 bits per heavy atom. The summed E-state index contributed by atoms with van der Waals surface area (Å²) in [5, 5.41) is 3.76. The van der Waals surface area contributed by atoms with Crippen molar-refractivity contribution in [3.63, 3.8) is 0 Å². The van der Waals surface area contributed by atoms with E-state index < -0.39 is 24.0 Å². The van der Waals surface area contributed by atoms with Gasteiger partial charge in [-0.25, -0.2) is 19.6 Å². The lowest BCUT2D eigenvalue weighted by atomic mass is 10.0. The molecule has 9 rings (SSSR count). The largest absolute Gasteiger partial charge is 0.465 e. The second-order valence-corrected chi connectivity index (χ2v) is 17.5. The summed E-state index contributed by atoms with van der Waals surface area (Å²) in [6.07, 6.45) is 5.57. The number of fused-ring (bicyclic) bond motifs is 5. The fourth-order valence-electron chi connectivity index (χ4n) is 8.96. The number of hydrogen-bond donors (Lipinski definition) is 3. The summed E-state index contributed by atoms with van der Waals surface area (Å²) in [5.74, 6) is 1.94. The number of hydrogen-bond acceptors (Lipinski definition) is 8. The molecule has 14 heteroatoms. The molecule has 6 heterocycles. The van der Waals surface area contributed by atoms with E-state index in [1.54, 1.807) is 4.90 Å². The summed E-state index contributed by atoms with van der Waals surface area (Å²) in [7, 11) is 1.30. The van der Waals surface area contributed by atoms with Gasteiger partial charge in [0.25, 0.3) is 0 Å². The minimum atomic E-state index is -0.704. The van der Waals surface area contributed by atoms with Crippen LogP contribution in [0.15, 0.2) is 85.2 Å². The highest BCUT2D eigenvalue weighted by molar-refractivity contribution is 5.92. The van der Waals surface area contributed by atoms with Crippen molar-refractivity contribution in [2.75, 3.05) is 20.2 Å². The molecule has 3 aromatic carbocycles. The standard InChI is InChI=1S/C47H52N8O6/c1-27(2)40(52-45(57)59-6)43(56)53-20-10-14-36(53)41-48-25-33(50-41)29-17-19-35-31(22-29)23-38-32-18-16-30(24-39(32)60-44(55(35)38)28-12-8-7-9-13-28)34-26-49-42(51-34)37-15-11-21-54(37)46(58)61-47(3,4)5/h7-9,12-13,16-19,22-27,36-37,40,44H,10-11,14-15,20-21H2,1-6H3,(H,48,50)(H,49,51)(H,52,57). The summed E-state index contributed by atoms with van der Waals surface area (Å²) in [6.45, 7) is 10.7. The number of ether oxygens (including phenoxy) is 3. The number of carbonyl (C=O) groups is 3. The first-order chi connectivity index (χ1) is 29.4. The van der Waals surface area contributed by atoms with Crippen LogP contribution in [0, 0.1) is 5.92 Å². The number of H-pyrrole nitrogens is 2. The van der Waals surface area contributed by atoms with Gasteiger partial charge in [0.1, 0.15) is 29.0 Å². The Bertz CT molecular complexity index is 2600. The first-order valence-corrected chi connectivity index (χ1v) is 21.1. The molecule has 3 aliphatic heterocycles. The van der Waals surface area contributed by atoms with Crippen molar-refractivity contribution in [1.29, 1.82) is 0 Å². The van der Waals surface area contributed by atoms with Crippen molar-refractivity contribution in [3.8, 4) is 39.5 Å². The second-order valence-electron chi connectivity index (χ2n) is 17.5. The van der Waals surface area contributed by atoms with E-state index in [0.29, 0.717) is 18.9 Å². The van der Waals surface area contributed by atoms with E-state index in [0.717, 1.165) is 87.5 Å². The Hall–Kier alpha value is -6.57.